The molecular weight excluding hydrogens is 328 g/mol. The summed E-state index contributed by atoms with van der Waals surface area (Å²) < 4.78 is 3.00. The summed E-state index contributed by atoms with van der Waals surface area (Å²) in [5.74, 6) is 0. The van der Waals surface area contributed by atoms with E-state index in [0.717, 1.165) is 35.2 Å². The molecule has 0 fully saturated rings. The standard InChI is InChI=1S/C16H23BrN4/c1-5-13(18-7-3)16-14(6-2)21(20-19-16)15-9-8-11(4)10-12(15)17/h8-10,13,18H,5-7H2,1-4H3. The normalized spacial score (nSPS) is 12.6. The highest BCUT2D eigenvalue weighted by atomic mass is 79.9. The lowest BCUT2D eigenvalue weighted by atomic mass is 10.1. The van der Waals surface area contributed by atoms with Gasteiger partial charge in [-0.3, -0.25) is 0 Å². The first-order chi connectivity index (χ1) is 10.1. The Morgan fingerprint density at radius 2 is 2.05 bits per heavy atom. The van der Waals surface area contributed by atoms with Gasteiger partial charge in [-0.15, -0.1) is 5.10 Å². The van der Waals surface area contributed by atoms with Gasteiger partial charge in [-0.05, 0) is 59.9 Å². The fourth-order valence-electron chi connectivity index (χ4n) is 2.57. The highest BCUT2D eigenvalue weighted by Gasteiger charge is 2.20. The molecular formula is C16H23BrN4. The average molecular weight is 351 g/mol. The minimum atomic E-state index is 0.267. The quantitative estimate of drug-likeness (QED) is 0.857. The van der Waals surface area contributed by atoms with Crippen molar-refractivity contribution in [3.8, 4) is 5.69 Å². The van der Waals surface area contributed by atoms with Gasteiger partial charge in [0.1, 0.15) is 5.69 Å². The van der Waals surface area contributed by atoms with Crippen molar-refractivity contribution in [2.45, 2.75) is 46.6 Å². The molecule has 0 saturated heterocycles. The molecule has 1 heterocycles. The van der Waals surface area contributed by atoms with E-state index in [-0.39, 0.29) is 6.04 Å². The van der Waals surface area contributed by atoms with Gasteiger partial charge < -0.3 is 5.32 Å². The van der Waals surface area contributed by atoms with Gasteiger partial charge in [0.05, 0.1) is 17.4 Å². The van der Waals surface area contributed by atoms with Crippen molar-refractivity contribution in [1.29, 1.82) is 0 Å². The molecule has 114 valence electrons. The molecule has 2 rings (SSSR count). The van der Waals surface area contributed by atoms with Gasteiger partial charge in [0.2, 0.25) is 0 Å². The number of hydrogen-bond donors (Lipinski definition) is 1. The Kier molecular flexibility index (Phi) is 5.53. The maximum absolute atomic E-state index is 4.45. The molecule has 0 saturated carbocycles. The number of aromatic nitrogens is 3. The van der Waals surface area contributed by atoms with Crippen LogP contribution in [0.5, 0.6) is 0 Å². The van der Waals surface area contributed by atoms with Crippen molar-refractivity contribution in [3.05, 3.63) is 39.6 Å². The molecule has 1 unspecified atom stereocenters. The summed E-state index contributed by atoms with van der Waals surface area (Å²) in [6.45, 7) is 9.46. The first-order valence-corrected chi connectivity index (χ1v) is 8.35. The van der Waals surface area contributed by atoms with E-state index in [1.807, 2.05) is 4.68 Å². The van der Waals surface area contributed by atoms with Crippen LogP contribution in [0.4, 0.5) is 0 Å². The van der Waals surface area contributed by atoms with Crippen LogP contribution < -0.4 is 5.32 Å². The molecule has 0 aliphatic heterocycles. The van der Waals surface area contributed by atoms with Crippen LogP contribution in [0.15, 0.2) is 22.7 Å². The molecule has 1 N–H and O–H groups in total. The van der Waals surface area contributed by atoms with Gasteiger partial charge in [0, 0.05) is 4.47 Å². The van der Waals surface area contributed by atoms with E-state index < -0.39 is 0 Å². The van der Waals surface area contributed by atoms with E-state index in [9.17, 15) is 0 Å². The van der Waals surface area contributed by atoms with Gasteiger partial charge >= 0.3 is 0 Å². The van der Waals surface area contributed by atoms with E-state index in [0.29, 0.717) is 0 Å². The molecule has 0 radical (unpaired) electrons. The SMILES string of the molecule is CCNC(CC)c1nnn(-c2ccc(C)cc2Br)c1CC. The Morgan fingerprint density at radius 3 is 2.62 bits per heavy atom. The van der Waals surface area contributed by atoms with Crippen LogP contribution in [0.25, 0.3) is 5.69 Å². The molecule has 0 aliphatic carbocycles. The molecule has 1 aromatic heterocycles. The van der Waals surface area contributed by atoms with Crippen molar-refractivity contribution in [2.24, 2.45) is 0 Å². The Morgan fingerprint density at radius 1 is 1.29 bits per heavy atom. The zero-order valence-electron chi connectivity index (χ0n) is 13.2. The lowest BCUT2D eigenvalue weighted by Gasteiger charge is -2.15. The van der Waals surface area contributed by atoms with Gasteiger partial charge in [0.25, 0.3) is 0 Å². The van der Waals surface area contributed by atoms with E-state index >= 15 is 0 Å². The highest BCUT2D eigenvalue weighted by Crippen LogP contribution is 2.26. The van der Waals surface area contributed by atoms with Gasteiger partial charge in [-0.25, -0.2) is 4.68 Å². The Bertz CT molecular complexity index is 606. The van der Waals surface area contributed by atoms with Crippen LogP contribution >= 0.6 is 15.9 Å². The minimum Gasteiger partial charge on any atom is -0.309 e. The molecule has 0 aliphatic rings. The molecule has 0 spiro atoms. The lowest BCUT2D eigenvalue weighted by molar-refractivity contribution is 0.520. The largest absolute Gasteiger partial charge is 0.309 e. The minimum absolute atomic E-state index is 0.267. The monoisotopic (exact) mass is 350 g/mol. The first kappa shape index (κ1) is 16.2. The molecule has 4 nitrogen and oxygen atoms in total. The van der Waals surface area contributed by atoms with Crippen molar-refractivity contribution in [2.75, 3.05) is 6.54 Å². The number of nitrogens with one attached hydrogen (secondary N) is 1. The molecule has 0 amide bonds. The summed E-state index contributed by atoms with van der Waals surface area (Å²) in [5, 5.41) is 12.3. The highest BCUT2D eigenvalue weighted by molar-refractivity contribution is 9.10. The second kappa shape index (κ2) is 7.18. The smallest absolute Gasteiger partial charge is 0.103 e. The van der Waals surface area contributed by atoms with Crippen LogP contribution in [0, 0.1) is 6.92 Å². The summed E-state index contributed by atoms with van der Waals surface area (Å²) in [7, 11) is 0. The van der Waals surface area contributed by atoms with Crippen molar-refractivity contribution < 1.29 is 0 Å². The Hall–Kier alpha value is -1.20. The summed E-state index contributed by atoms with van der Waals surface area (Å²) >= 11 is 3.64. The number of nitrogens with zero attached hydrogens (tertiary/aromatic N) is 3. The number of hydrogen-bond acceptors (Lipinski definition) is 3. The molecule has 1 aromatic carbocycles. The molecule has 0 bridgehead atoms. The predicted molar refractivity (Wildman–Crippen MR) is 89.9 cm³/mol. The van der Waals surface area contributed by atoms with Crippen molar-refractivity contribution in [1.82, 2.24) is 20.3 Å². The Balaban J connectivity index is 2.48. The molecule has 1 atom stereocenters. The summed E-state index contributed by atoms with van der Waals surface area (Å²) in [4.78, 5) is 0. The zero-order valence-corrected chi connectivity index (χ0v) is 14.7. The van der Waals surface area contributed by atoms with Crippen molar-refractivity contribution >= 4 is 15.9 Å². The van der Waals surface area contributed by atoms with E-state index in [4.69, 9.17) is 0 Å². The van der Waals surface area contributed by atoms with Crippen LogP contribution in [0.2, 0.25) is 0 Å². The lowest BCUT2D eigenvalue weighted by Crippen LogP contribution is -2.21. The van der Waals surface area contributed by atoms with Crippen LogP contribution in [-0.4, -0.2) is 21.5 Å². The number of halogens is 1. The fourth-order valence-corrected chi connectivity index (χ4v) is 3.23. The zero-order chi connectivity index (χ0) is 15.4. The average Bonchev–Trinajstić information content (AvgIpc) is 2.88. The second-order valence-corrected chi connectivity index (χ2v) is 6.01. The van der Waals surface area contributed by atoms with Gasteiger partial charge in [-0.1, -0.05) is 32.1 Å². The van der Waals surface area contributed by atoms with Crippen LogP contribution in [0.3, 0.4) is 0 Å². The third kappa shape index (κ3) is 3.35. The molecule has 5 heteroatoms. The van der Waals surface area contributed by atoms with Crippen LogP contribution in [0.1, 0.15) is 50.2 Å². The maximum Gasteiger partial charge on any atom is 0.103 e. The topological polar surface area (TPSA) is 42.7 Å². The second-order valence-electron chi connectivity index (χ2n) is 5.16. The molecule has 21 heavy (non-hydrogen) atoms. The summed E-state index contributed by atoms with van der Waals surface area (Å²) in [6.07, 6.45) is 1.92. The van der Waals surface area contributed by atoms with Gasteiger partial charge in [-0.2, -0.15) is 0 Å². The first-order valence-electron chi connectivity index (χ1n) is 7.56. The number of benzene rings is 1. The number of rotatable bonds is 6. The van der Waals surface area contributed by atoms with Crippen molar-refractivity contribution in [3.63, 3.8) is 0 Å². The van der Waals surface area contributed by atoms with Gasteiger partial charge in [0.15, 0.2) is 0 Å². The Labute approximate surface area is 135 Å². The third-order valence-corrected chi connectivity index (χ3v) is 4.28. The predicted octanol–water partition coefficient (Wildman–Crippen LogP) is 3.96. The fraction of sp³-hybridized carbons (Fsp3) is 0.500. The maximum atomic E-state index is 4.45. The summed E-state index contributed by atoms with van der Waals surface area (Å²) in [6, 6.07) is 6.56. The third-order valence-electron chi connectivity index (χ3n) is 3.65. The van der Waals surface area contributed by atoms with E-state index in [1.165, 1.54) is 11.3 Å². The van der Waals surface area contributed by atoms with Crippen LogP contribution in [-0.2, 0) is 6.42 Å². The number of aryl methyl sites for hydroxylation is 1. The van der Waals surface area contributed by atoms with E-state index in [1.54, 1.807) is 0 Å². The summed E-state index contributed by atoms with van der Waals surface area (Å²) in [5.41, 5.74) is 4.51. The van der Waals surface area contributed by atoms with E-state index in [2.05, 4.69) is 77.5 Å². The molecule has 2 aromatic rings.